The molecule has 32 heavy (non-hydrogen) atoms. The summed E-state index contributed by atoms with van der Waals surface area (Å²) in [6.45, 7) is 4.06. The molecule has 0 saturated carbocycles. The standard InChI is InChI=1S/C19H22N4O2.C2HF3O2/c24-19(22-18-8-20-6-7-21-18)17-13-25-12-15-10-23(11-16(15)17)9-14-4-2-1-3-5-14;3-2(4,5)1(6)7/h1-8,15-17H,9-13H2,(H,21,22,24);(H,6,7)/t15-,16-,17-;/m1./s1. The van der Waals surface area contributed by atoms with Crippen LogP contribution in [0.3, 0.4) is 0 Å². The highest BCUT2D eigenvalue weighted by Crippen LogP contribution is 2.35. The molecule has 0 spiro atoms. The first kappa shape index (κ1) is 23.6. The van der Waals surface area contributed by atoms with Crippen LogP contribution in [0.15, 0.2) is 48.9 Å². The summed E-state index contributed by atoms with van der Waals surface area (Å²) >= 11 is 0. The van der Waals surface area contributed by atoms with Gasteiger partial charge in [0.1, 0.15) is 0 Å². The highest BCUT2D eigenvalue weighted by atomic mass is 19.4. The lowest BCUT2D eigenvalue weighted by Crippen LogP contribution is -2.42. The number of fused-ring (bicyclic) bond motifs is 1. The topological polar surface area (TPSA) is 105 Å². The lowest BCUT2D eigenvalue weighted by atomic mass is 9.82. The summed E-state index contributed by atoms with van der Waals surface area (Å²) in [6, 6.07) is 10.5. The summed E-state index contributed by atoms with van der Waals surface area (Å²) in [5.41, 5.74) is 1.31. The fourth-order valence-electron chi connectivity index (χ4n) is 3.91. The monoisotopic (exact) mass is 452 g/mol. The Bertz CT molecular complexity index is 899. The average molecular weight is 452 g/mol. The zero-order chi connectivity index (χ0) is 23.1. The van der Waals surface area contributed by atoms with Gasteiger partial charge >= 0.3 is 12.1 Å². The van der Waals surface area contributed by atoms with Crippen molar-refractivity contribution in [1.29, 1.82) is 0 Å². The Balaban J connectivity index is 0.000000360. The van der Waals surface area contributed by atoms with Crippen molar-refractivity contribution in [2.75, 3.05) is 31.6 Å². The number of nitrogens with zero attached hydrogens (tertiary/aromatic N) is 3. The number of rotatable bonds is 4. The van der Waals surface area contributed by atoms with Gasteiger partial charge in [0.15, 0.2) is 5.82 Å². The number of carboxylic acids is 1. The minimum atomic E-state index is -5.08. The normalized spacial score (nSPS) is 22.9. The van der Waals surface area contributed by atoms with E-state index in [4.69, 9.17) is 14.6 Å². The van der Waals surface area contributed by atoms with Crippen molar-refractivity contribution in [2.24, 2.45) is 17.8 Å². The molecule has 1 amide bonds. The quantitative estimate of drug-likeness (QED) is 0.734. The third-order valence-electron chi connectivity index (χ3n) is 5.36. The van der Waals surface area contributed by atoms with E-state index in [0.717, 1.165) is 26.2 Å². The average Bonchev–Trinajstić information content (AvgIpc) is 3.17. The van der Waals surface area contributed by atoms with Gasteiger partial charge in [0.25, 0.3) is 0 Å². The Kier molecular flexibility index (Phi) is 7.75. The molecule has 2 aliphatic heterocycles. The molecule has 0 radical (unpaired) electrons. The van der Waals surface area contributed by atoms with Crippen LogP contribution >= 0.6 is 0 Å². The zero-order valence-electron chi connectivity index (χ0n) is 17.0. The van der Waals surface area contributed by atoms with E-state index in [1.54, 1.807) is 18.6 Å². The predicted octanol–water partition coefficient (Wildman–Crippen LogP) is 2.44. The third kappa shape index (κ3) is 6.47. The summed E-state index contributed by atoms with van der Waals surface area (Å²) < 4.78 is 37.5. The van der Waals surface area contributed by atoms with Crippen LogP contribution in [0.4, 0.5) is 19.0 Å². The number of hydrogen-bond donors (Lipinski definition) is 2. The number of carboxylic acid groups (broad SMARTS) is 1. The molecule has 4 rings (SSSR count). The maximum absolute atomic E-state index is 12.7. The molecule has 0 unspecified atom stereocenters. The van der Waals surface area contributed by atoms with Crippen LogP contribution in [0, 0.1) is 17.8 Å². The van der Waals surface area contributed by atoms with Crippen molar-refractivity contribution in [1.82, 2.24) is 14.9 Å². The van der Waals surface area contributed by atoms with E-state index in [1.807, 2.05) is 6.07 Å². The number of benzene rings is 1. The van der Waals surface area contributed by atoms with Gasteiger partial charge < -0.3 is 15.2 Å². The third-order valence-corrected chi connectivity index (χ3v) is 5.36. The van der Waals surface area contributed by atoms with E-state index >= 15 is 0 Å². The molecular weight excluding hydrogens is 429 g/mol. The maximum atomic E-state index is 12.7. The number of carbonyl (C=O) groups excluding carboxylic acids is 1. The van der Waals surface area contributed by atoms with Gasteiger partial charge in [0, 0.05) is 32.0 Å². The van der Waals surface area contributed by atoms with Crippen LogP contribution in [-0.4, -0.2) is 64.3 Å². The summed E-state index contributed by atoms with van der Waals surface area (Å²) in [5.74, 6) is -1.68. The van der Waals surface area contributed by atoms with Gasteiger partial charge in [0.05, 0.1) is 25.3 Å². The molecule has 2 aromatic rings. The number of alkyl halides is 3. The molecule has 0 aliphatic carbocycles. The van der Waals surface area contributed by atoms with E-state index in [2.05, 4.69) is 44.5 Å². The molecule has 11 heteroatoms. The SMILES string of the molecule is O=C(Nc1cnccn1)[C@@H]1COC[C@H]2CN(Cc3ccccc3)C[C@H]21.O=C(O)C(F)(F)F. The Hall–Kier alpha value is -3.05. The fourth-order valence-corrected chi connectivity index (χ4v) is 3.91. The number of halogens is 3. The molecule has 0 bridgehead atoms. The Labute approximate surface area is 182 Å². The lowest BCUT2D eigenvalue weighted by molar-refractivity contribution is -0.192. The number of hydrogen-bond acceptors (Lipinski definition) is 6. The van der Waals surface area contributed by atoms with Crippen molar-refractivity contribution in [3.05, 3.63) is 54.5 Å². The number of aliphatic carboxylic acids is 1. The first-order valence-electron chi connectivity index (χ1n) is 9.95. The maximum Gasteiger partial charge on any atom is 0.490 e. The second kappa shape index (κ2) is 10.5. The van der Waals surface area contributed by atoms with E-state index in [1.165, 1.54) is 5.56 Å². The van der Waals surface area contributed by atoms with Gasteiger partial charge in [-0.3, -0.25) is 14.7 Å². The number of aromatic nitrogens is 2. The summed E-state index contributed by atoms with van der Waals surface area (Å²) in [5, 5.41) is 10.0. The van der Waals surface area contributed by atoms with E-state index in [-0.39, 0.29) is 11.8 Å². The van der Waals surface area contributed by atoms with Gasteiger partial charge in [0.2, 0.25) is 5.91 Å². The second-order valence-electron chi connectivity index (χ2n) is 7.63. The summed E-state index contributed by atoms with van der Waals surface area (Å²) in [6.07, 6.45) is -0.351. The first-order chi connectivity index (χ1) is 15.2. The van der Waals surface area contributed by atoms with Crippen LogP contribution in [-0.2, 0) is 20.9 Å². The van der Waals surface area contributed by atoms with Crippen LogP contribution in [0.1, 0.15) is 5.56 Å². The fraction of sp³-hybridized carbons (Fsp3) is 0.429. The molecule has 2 fully saturated rings. The van der Waals surface area contributed by atoms with Crippen LogP contribution in [0.25, 0.3) is 0 Å². The highest BCUT2D eigenvalue weighted by Gasteiger charge is 2.44. The lowest BCUT2D eigenvalue weighted by Gasteiger charge is -2.31. The number of nitrogens with one attached hydrogen (secondary N) is 1. The smallest absolute Gasteiger partial charge is 0.475 e. The Morgan fingerprint density at radius 3 is 2.50 bits per heavy atom. The first-order valence-corrected chi connectivity index (χ1v) is 9.95. The summed E-state index contributed by atoms with van der Waals surface area (Å²) in [7, 11) is 0. The van der Waals surface area contributed by atoms with Gasteiger partial charge in [-0.2, -0.15) is 13.2 Å². The molecule has 172 valence electrons. The van der Waals surface area contributed by atoms with Crippen LogP contribution in [0.2, 0.25) is 0 Å². The van der Waals surface area contributed by atoms with Crippen molar-refractivity contribution < 1.29 is 32.6 Å². The van der Waals surface area contributed by atoms with E-state index in [0.29, 0.717) is 24.3 Å². The van der Waals surface area contributed by atoms with Gasteiger partial charge in [-0.25, -0.2) is 9.78 Å². The van der Waals surface area contributed by atoms with Crippen LogP contribution in [0.5, 0.6) is 0 Å². The van der Waals surface area contributed by atoms with Crippen LogP contribution < -0.4 is 5.32 Å². The molecule has 2 N–H and O–H groups in total. The predicted molar refractivity (Wildman–Crippen MR) is 107 cm³/mol. The Morgan fingerprint density at radius 1 is 1.16 bits per heavy atom. The number of amides is 1. The largest absolute Gasteiger partial charge is 0.490 e. The second-order valence-corrected chi connectivity index (χ2v) is 7.63. The van der Waals surface area contributed by atoms with Gasteiger partial charge in [-0.1, -0.05) is 30.3 Å². The molecule has 2 saturated heterocycles. The minimum absolute atomic E-state index is 0.0169. The molecule has 1 aromatic carbocycles. The summed E-state index contributed by atoms with van der Waals surface area (Å²) in [4.78, 5) is 32.1. The van der Waals surface area contributed by atoms with Gasteiger partial charge in [-0.05, 0) is 17.4 Å². The Morgan fingerprint density at radius 2 is 1.88 bits per heavy atom. The minimum Gasteiger partial charge on any atom is -0.475 e. The molecular formula is C21H23F3N4O4. The van der Waals surface area contributed by atoms with Crippen molar-refractivity contribution >= 4 is 17.7 Å². The number of carbonyl (C=O) groups is 2. The van der Waals surface area contributed by atoms with Crippen molar-refractivity contribution in [3.8, 4) is 0 Å². The molecule has 2 aliphatic rings. The molecule has 1 aromatic heterocycles. The zero-order valence-corrected chi connectivity index (χ0v) is 17.0. The highest BCUT2D eigenvalue weighted by molar-refractivity contribution is 5.92. The van der Waals surface area contributed by atoms with E-state index < -0.39 is 12.1 Å². The van der Waals surface area contributed by atoms with Crippen molar-refractivity contribution in [2.45, 2.75) is 12.7 Å². The van der Waals surface area contributed by atoms with E-state index in [9.17, 15) is 18.0 Å². The number of likely N-dealkylation sites (tertiary alicyclic amines) is 1. The molecule has 3 atom stereocenters. The molecule has 3 heterocycles. The van der Waals surface area contributed by atoms with Crippen molar-refractivity contribution in [3.63, 3.8) is 0 Å². The number of ether oxygens (including phenoxy) is 1. The molecule has 8 nitrogen and oxygen atoms in total. The van der Waals surface area contributed by atoms with Gasteiger partial charge in [-0.15, -0.1) is 0 Å². The number of anilines is 1.